The first-order chi connectivity index (χ1) is 14.8. The van der Waals surface area contributed by atoms with Crippen molar-refractivity contribution in [2.45, 2.75) is 18.7 Å². The van der Waals surface area contributed by atoms with Crippen LogP contribution in [0.4, 0.5) is 0 Å². The lowest BCUT2D eigenvalue weighted by Gasteiger charge is -2.38. The van der Waals surface area contributed by atoms with Crippen LogP contribution in [-0.4, -0.2) is 10.7 Å². The van der Waals surface area contributed by atoms with Gasteiger partial charge in [-0.3, -0.25) is 0 Å². The molecule has 0 amide bonds. The topological polar surface area (TPSA) is 24.8 Å². The molecule has 6 rings (SSSR count). The largest absolute Gasteiger partial charge is 0.464 e. The van der Waals surface area contributed by atoms with Gasteiger partial charge in [-0.05, 0) is 34.5 Å². The lowest BCUT2D eigenvalue weighted by Crippen LogP contribution is -2.33. The summed E-state index contributed by atoms with van der Waals surface area (Å²) in [7, 11) is 0. The van der Waals surface area contributed by atoms with E-state index in [0.29, 0.717) is 0 Å². The Labute approximate surface area is 183 Å². The monoisotopic (exact) mass is 454 g/mol. The zero-order chi connectivity index (χ0) is 20.1. The van der Waals surface area contributed by atoms with E-state index in [1.54, 1.807) is 0 Å². The Morgan fingerprint density at radius 1 is 0.833 bits per heavy atom. The molecule has 0 radical (unpaired) electrons. The fourth-order valence-electron chi connectivity index (χ4n) is 4.53. The highest BCUT2D eigenvalue weighted by Gasteiger charge is 2.41. The van der Waals surface area contributed by atoms with Gasteiger partial charge in [0.05, 0.1) is 11.8 Å². The molecule has 146 valence electrons. The smallest absolute Gasteiger partial charge is 0.214 e. The lowest BCUT2D eigenvalue weighted by atomic mass is 9.95. The van der Waals surface area contributed by atoms with Gasteiger partial charge in [0.15, 0.2) is 0 Å². The van der Waals surface area contributed by atoms with Gasteiger partial charge >= 0.3 is 0 Å². The first-order valence-corrected chi connectivity index (χ1v) is 10.9. The van der Waals surface area contributed by atoms with Gasteiger partial charge in [0.25, 0.3) is 0 Å². The Bertz CT molecular complexity index is 1280. The van der Waals surface area contributed by atoms with E-state index in [1.807, 2.05) is 12.1 Å². The number of fused-ring (bicyclic) bond motifs is 4. The summed E-state index contributed by atoms with van der Waals surface area (Å²) < 4.78 is 7.63. The number of hydrogen-bond acceptors (Lipinski definition) is 3. The van der Waals surface area contributed by atoms with Crippen molar-refractivity contribution < 1.29 is 4.74 Å². The second kappa shape index (κ2) is 6.99. The Hall–Kier alpha value is -3.11. The molecule has 2 aliphatic rings. The SMILES string of the molecule is Brc1ccc2c(c1)[C@@H]1CC(c3ccccc3)=NN1[C@H](c1cccc3ccccc13)O2. The molecular weight excluding hydrogens is 436 g/mol. The van der Waals surface area contributed by atoms with E-state index in [2.05, 4.69) is 99.8 Å². The molecule has 0 spiro atoms. The maximum Gasteiger partial charge on any atom is 0.214 e. The zero-order valence-corrected chi connectivity index (χ0v) is 17.8. The van der Waals surface area contributed by atoms with Crippen LogP contribution in [0.15, 0.2) is 101 Å². The molecule has 4 aromatic carbocycles. The average molecular weight is 455 g/mol. The highest BCUT2D eigenvalue weighted by atomic mass is 79.9. The maximum atomic E-state index is 6.58. The summed E-state index contributed by atoms with van der Waals surface area (Å²) in [6.45, 7) is 0. The molecule has 0 N–H and O–H groups in total. The quantitative estimate of drug-likeness (QED) is 0.331. The van der Waals surface area contributed by atoms with Crippen LogP contribution in [0.3, 0.4) is 0 Å². The van der Waals surface area contributed by atoms with Gasteiger partial charge in [0.1, 0.15) is 5.75 Å². The number of nitrogens with zero attached hydrogens (tertiary/aromatic N) is 2. The van der Waals surface area contributed by atoms with Crippen molar-refractivity contribution in [2.75, 3.05) is 0 Å². The minimum atomic E-state index is -0.268. The summed E-state index contributed by atoms with van der Waals surface area (Å²) in [6, 6.07) is 31.7. The fraction of sp³-hybridized carbons (Fsp3) is 0.115. The van der Waals surface area contributed by atoms with Gasteiger partial charge in [-0.25, -0.2) is 5.01 Å². The second-order valence-electron chi connectivity index (χ2n) is 7.73. The van der Waals surface area contributed by atoms with Crippen LogP contribution in [-0.2, 0) is 0 Å². The van der Waals surface area contributed by atoms with Crippen molar-refractivity contribution in [3.63, 3.8) is 0 Å². The second-order valence-corrected chi connectivity index (χ2v) is 8.65. The van der Waals surface area contributed by atoms with E-state index in [0.717, 1.165) is 27.9 Å². The molecule has 0 aliphatic carbocycles. The molecule has 0 fully saturated rings. The molecule has 4 aromatic rings. The molecular formula is C26H19BrN2O. The van der Waals surface area contributed by atoms with E-state index in [4.69, 9.17) is 9.84 Å². The molecule has 0 aromatic heterocycles. The van der Waals surface area contributed by atoms with Crippen molar-refractivity contribution >= 4 is 32.4 Å². The summed E-state index contributed by atoms with van der Waals surface area (Å²) in [5.41, 5.74) is 4.59. The van der Waals surface area contributed by atoms with E-state index >= 15 is 0 Å². The van der Waals surface area contributed by atoms with Gasteiger partial charge in [-0.2, -0.15) is 5.10 Å². The highest BCUT2D eigenvalue weighted by Crippen LogP contribution is 2.49. The van der Waals surface area contributed by atoms with Crippen molar-refractivity contribution in [3.8, 4) is 5.75 Å². The molecule has 3 nitrogen and oxygen atoms in total. The summed E-state index contributed by atoms with van der Waals surface area (Å²) in [5, 5.41) is 9.65. The zero-order valence-electron chi connectivity index (χ0n) is 16.2. The van der Waals surface area contributed by atoms with Gasteiger partial charge in [-0.15, -0.1) is 0 Å². The van der Waals surface area contributed by atoms with E-state index in [9.17, 15) is 0 Å². The Balaban J connectivity index is 1.53. The van der Waals surface area contributed by atoms with Crippen molar-refractivity contribution in [3.05, 3.63) is 112 Å². The van der Waals surface area contributed by atoms with Crippen LogP contribution < -0.4 is 4.74 Å². The number of hydrazone groups is 1. The predicted molar refractivity (Wildman–Crippen MR) is 124 cm³/mol. The molecule has 0 unspecified atom stereocenters. The van der Waals surface area contributed by atoms with Crippen LogP contribution in [0.5, 0.6) is 5.75 Å². The van der Waals surface area contributed by atoms with Crippen LogP contribution in [0.25, 0.3) is 10.8 Å². The molecule has 0 saturated carbocycles. The maximum absolute atomic E-state index is 6.58. The minimum Gasteiger partial charge on any atom is -0.464 e. The summed E-state index contributed by atoms with van der Waals surface area (Å²) in [4.78, 5) is 0. The number of ether oxygens (including phenoxy) is 1. The van der Waals surface area contributed by atoms with Crippen molar-refractivity contribution in [1.82, 2.24) is 5.01 Å². The number of hydrogen-bond donors (Lipinski definition) is 0. The molecule has 30 heavy (non-hydrogen) atoms. The summed E-state index contributed by atoms with van der Waals surface area (Å²) in [6.07, 6.45) is 0.592. The van der Waals surface area contributed by atoms with Crippen LogP contribution in [0, 0.1) is 0 Å². The third-order valence-corrected chi connectivity index (χ3v) is 6.44. The molecule has 0 saturated heterocycles. The minimum absolute atomic E-state index is 0.144. The van der Waals surface area contributed by atoms with Crippen LogP contribution in [0.2, 0.25) is 0 Å². The van der Waals surface area contributed by atoms with E-state index < -0.39 is 0 Å². The summed E-state index contributed by atoms with van der Waals surface area (Å²) >= 11 is 3.63. The third kappa shape index (κ3) is 2.83. The standard InChI is InChI=1S/C26H19BrN2O/c27-19-13-14-25-22(15-19)24-16-23(18-8-2-1-3-9-18)28-29(24)26(30-25)21-12-6-10-17-7-4-5-11-20(17)21/h1-15,24,26H,16H2/t24-,26-/m0/s1. The number of benzene rings is 4. The van der Waals surface area contributed by atoms with Crippen molar-refractivity contribution in [2.24, 2.45) is 5.10 Å². The molecule has 2 atom stereocenters. The van der Waals surface area contributed by atoms with Crippen LogP contribution >= 0.6 is 15.9 Å². The Morgan fingerprint density at radius 2 is 1.63 bits per heavy atom. The molecule has 2 heterocycles. The predicted octanol–water partition coefficient (Wildman–Crippen LogP) is 6.84. The first kappa shape index (κ1) is 17.7. The normalized spacial score (nSPS) is 19.8. The van der Waals surface area contributed by atoms with E-state index in [-0.39, 0.29) is 12.3 Å². The number of halogens is 1. The molecule has 2 aliphatic heterocycles. The van der Waals surface area contributed by atoms with E-state index in [1.165, 1.54) is 21.9 Å². The Kier molecular flexibility index (Phi) is 4.13. The van der Waals surface area contributed by atoms with Gasteiger partial charge in [0.2, 0.25) is 6.23 Å². The lowest BCUT2D eigenvalue weighted by molar-refractivity contribution is -0.0181. The molecule has 4 heteroatoms. The Morgan fingerprint density at radius 3 is 2.53 bits per heavy atom. The average Bonchev–Trinajstić information content (AvgIpc) is 3.25. The van der Waals surface area contributed by atoms with Crippen LogP contribution in [0.1, 0.15) is 35.4 Å². The van der Waals surface area contributed by atoms with Gasteiger partial charge in [-0.1, -0.05) is 88.7 Å². The third-order valence-electron chi connectivity index (χ3n) is 5.95. The fourth-order valence-corrected chi connectivity index (χ4v) is 4.91. The molecule has 0 bridgehead atoms. The van der Waals surface area contributed by atoms with Gasteiger partial charge < -0.3 is 4.74 Å². The first-order valence-electron chi connectivity index (χ1n) is 10.1. The van der Waals surface area contributed by atoms with Crippen molar-refractivity contribution in [1.29, 1.82) is 0 Å². The number of rotatable bonds is 2. The van der Waals surface area contributed by atoms with Gasteiger partial charge in [0, 0.05) is 22.0 Å². The highest BCUT2D eigenvalue weighted by molar-refractivity contribution is 9.10. The summed E-state index contributed by atoms with van der Waals surface area (Å²) in [5.74, 6) is 0.932.